The molecule has 0 saturated carbocycles. The Bertz CT molecular complexity index is 1260. The molecule has 2 aromatic rings. The number of aliphatic hydroxyl groups is 1. The zero-order chi connectivity index (χ0) is 33.6. The van der Waals surface area contributed by atoms with Gasteiger partial charge >= 0.3 is 0 Å². The van der Waals surface area contributed by atoms with Crippen molar-refractivity contribution in [2.45, 2.75) is 77.5 Å². The Balaban J connectivity index is 1.86. The highest BCUT2D eigenvalue weighted by Crippen LogP contribution is 2.28. The van der Waals surface area contributed by atoms with E-state index in [9.17, 15) is 19.5 Å². The molecule has 0 aromatic heterocycles. The monoisotopic (exact) mass is 638 g/mol. The van der Waals surface area contributed by atoms with Crippen LogP contribution < -0.4 is 10.1 Å². The highest BCUT2D eigenvalue weighted by molar-refractivity contribution is 5.99. The first-order chi connectivity index (χ1) is 22.0. The van der Waals surface area contributed by atoms with E-state index < -0.39 is 6.04 Å². The number of rotatable bonds is 11. The van der Waals surface area contributed by atoms with Crippen molar-refractivity contribution < 1.29 is 29.0 Å². The van der Waals surface area contributed by atoms with Gasteiger partial charge in [0.15, 0.2) is 0 Å². The van der Waals surface area contributed by atoms with Gasteiger partial charge in [-0.15, -0.1) is 0 Å². The quantitative estimate of drug-likeness (QED) is 0.374. The molecule has 10 heteroatoms. The number of fused-ring (bicyclic) bond motifs is 1. The molecule has 0 unspecified atom stereocenters. The van der Waals surface area contributed by atoms with Crippen LogP contribution in [-0.4, -0.2) is 110 Å². The molecule has 10 nitrogen and oxygen atoms in total. The van der Waals surface area contributed by atoms with Gasteiger partial charge < -0.3 is 34.6 Å². The van der Waals surface area contributed by atoms with Crippen LogP contribution in [0.25, 0.3) is 0 Å². The summed E-state index contributed by atoms with van der Waals surface area (Å²) in [6, 6.07) is 14.4. The number of aliphatic hydroxyl groups excluding tert-OH is 1. The third kappa shape index (κ3) is 11.7. The van der Waals surface area contributed by atoms with Gasteiger partial charge in [0.2, 0.25) is 11.8 Å². The van der Waals surface area contributed by atoms with Crippen LogP contribution in [0.15, 0.2) is 48.5 Å². The Kier molecular flexibility index (Phi) is 15.0. The first kappa shape index (κ1) is 37.0. The van der Waals surface area contributed by atoms with Crippen LogP contribution in [0.4, 0.5) is 5.69 Å². The van der Waals surface area contributed by atoms with Crippen molar-refractivity contribution in [1.29, 1.82) is 0 Å². The van der Waals surface area contributed by atoms with Crippen LogP contribution in [0, 0.1) is 5.92 Å². The smallest absolute Gasteiger partial charge is 0.258 e. The Morgan fingerprint density at radius 2 is 1.83 bits per heavy atom. The van der Waals surface area contributed by atoms with Crippen molar-refractivity contribution in [1.82, 2.24) is 14.7 Å². The summed E-state index contributed by atoms with van der Waals surface area (Å²) in [7, 11) is 5.73. The number of amides is 3. The zero-order valence-electron chi connectivity index (χ0n) is 28.5. The molecule has 4 atom stereocenters. The maximum Gasteiger partial charge on any atom is 0.258 e. The number of hydrogen-bond acceptors (Lipinski definition) is 7. The highest BCUT2D eigenvalue weighted by atomic mass is 16.5. The van der Waals surface area contributed by atoms with Gasteiger partial charge in [-0.2, -0.15) is 0 Å². The molecule has 254 valence electrons. The Morgan fingerprint density at radius 1 is 1.09 bits per heavy atom. The fourth-order valence-corrected chi connectivity index (χ4v) is 5.52. The van der Waals surface area contributed by atoms with Crippen molar-refractivity contribution in [2.75, 3.05) is 59.3 Å². The van der Waals surface area contributed by atoms with Crippen LogP contribution in [0.5, 0.6) is 5.75 Å². The largest absolute Gasteiger partial charge is 0.490 e. The molecule has 2 aromatic carbocycles. The average Bonchev–Trinajstić information content (AvgIpc) is 3.02. The number of benzene rings is 2. The molecule has 3 amide bonds. The number of nitrogens with one attached hydrogen (secondary N) is 1. The van der Waals surface area contributed by atoms with Gasteiger partial charge in [-0.1, -0.05) is 37.3 Å². The number of likely N-dealkylation sites (N-methyl/N-ethyl adjacent to an activating group) is 1. The average molecular weight is 639 g/mol. The van der Waals surface area contributed by atoms with Crippen LogP contribution in [0.2, 0.25) is 0 Å². The first-order valence-electron chi connectivity index (χ1n) is 16.5. The fourth-order valence-electron chi connectivity index (χ4n) is 5.52. The lowest BCUT2D eigenvalue weighted by Gasteiger charge is -2.36. The SMILES string of the molecule is C[C@@H]1CCCCO[C@@H](CN(C)C(=O)Cc2ccccc2)[C@H](C)CN([C@@H](C)CO)C(=O)c2cc(NC(=O)CCCN(C)C)ccc2O1. The summed E-state index contributed by atoms with van der Waals surface area (Å²) >= 11 is 0. The summed E-state index contributed by atoms with van der Waals surface area (Å²) in [4.78, 5) is 45.5. The van der Waals surface area contributed by atoms with Gasteiger partial charge in [-0.25, -0.2) is 0 Å². The van der Waals surface area contributed by atoms with E-state index in [-0.39, 0.29) is 42.5 Å². The molecule has 1 aliphatic heterocycles. The molecule has 0 fully saturated rings. The number of carbonyl (C=O) groups is 3. The summed E-state index contributed by atoms with van der Waals surface area (Å²) in [5.41, 5.74) is 1.80. The number of hydrogen-bond donors (Lipinski definition) is 2. The molecule has 0 aliphatic carbocycles. The third-order valence-electron chi connectivity index (χ3n) is 8.42. The summed E-state index contributed by atoms with van der Waals surface area (Å²) in [5, 5.41) is 13.1. The highest BCUT2D eigenvalue weighted by Gasteiger charge is 2.31. The molecule has 2 N–H and O–H groups in total. The Hall–Kier alpha value is -3.47. The lowest BCUT2D eigenvalue weighted by molar-refractivity contribution is -0.131. The number of nitrogens with zero attached hydrogens (tertiary/aromatic N) is 3. The summed E-state index contributed by atoms with van der Waals surface area (Å²) in [6.45, 7) is 7.57. The second kappa shape index (κ2) is 18.6. The third-order valence-corrected chi connectivity index (χ3v) is 8.42. The van der Waals surface area contributed by atoms with Gasteiger partial charge in [0.1, 0.15) is 5.75 Å². The van der Waals surface area contributed by atoms with Crippen molar-refractivity contribution in [3.8, 4) is 5.75 Å². The molecular weight excluding hydrogens is 584 g/mol. The van der Waals surface area contributed by atoms with Crippen LogP contribution in [-0.2, 0) is 20.7 Å². The molecule has 1 aliphatic rings. The topological polar surface area (TPSA) is 112 Å². The molecule has 1 heterocycles. The van der Waals surface area contributed by atoms with Gasteiger partial charge in [-0.05, 0) is 83.9 Å². The lowest BCUT2D eigenvalue weighted by atomic mass is 10.0. The van der Waals surface area contributed by atoms with Crippen molar-refractivity contribution >= 4 is 23.4 Å². The second-order valence-corrected chi connectivity index (χ2v) is 12.9. The molecule has 3 rings (SSSR count). The predicted octanol–water partition coefficient (Wildman–Crippen LogP) is 4.46. The molecule has 0 bridgehead atoms. The standard InChI is InChI=1S/C36H54N4O6/c1-26-23-40(27(2)25-41)36(44)31-22-30(37-34(42)16-12-19-38(4)5)17-18-32(31)46-28(3)13-10-11-20-45-33(26)24-39(6)35(43)21-29-14-8-7-9-15-29/h7-9,14-15,17-18,22,26-28,33,41H,10-13,16,19-21,23-25H2,1-6H3,(H,37,42)/t26-,27+,28-,33+/m1/s1. The summed E-state index contributed by atoms with van der Waals surface area (Å²) in [6.07, 6.45) is 3.39. The number of carbonyl (C=O) groups excluding carboxylic acids is 3. The van der Waals surface area contributed by atoms with E-state index in [1.165, 1.54) is 0 Å². The predicted molar refractivity (Wildman–Crippen MR) is 181 cm³/mol. The van der Waals surface area contributed by atoms with E-state index in [4.69, 9.17) is 9.47 Å². The van der Waals surface area contributed by atoms with Gasteiger partial charge in [0, 0.05) is 44.8 Å². The van der Waals surface area contributed by atoms with Crippen LogP contribution in [0.3, 0.4) is 0 Å². The number of ether oxygens (including phenoxy) is 2. The minimum absolute atomic E-state index is 0.00532. The zero-order valence-corrected chi connectivity index (χ0v) is 28.5. The molecule has 0 saturated heterocycles. The minimum Gasteiger partial charge on any atom is -0.490 e. The second-order valence-electron chi connectivity index (χ2n) is 12.9. The lowest BCUT2D eigenvalue weighted by Crippen LogP contribution is -2.48. The van der Waals surface area contributed by atoms with Crippen LogP contribution in [0.1, 0.15) is 68.8 Å². The van der Waals surface area contributed by atoms with E-state index in [1.807, 2.05) is 63.2 Å². The van der Waals surface area contributed by atoms with Gasteiger partial charge in [-0.3, -0.25) is 14.4 Å². The number of anilines is 1. The molecular formula is C36H54N4O6. The molecule has 46 heavy (non-hydrogen) atoms. The summed E-state index contributed by atoms with van der Waals surface area (Å²) < 4.78 is 12.7. The normalized spacial score (nSPS) is 20.3. The van der Waals surface area contributed by atoms with E-state index in [2.05, 4.69) is 5.32 Å². The minimum atomic E-state index is -0.490. The first-order valence-corrected chi connectivity index (χ1v) is 16.5. The van der Waals surface area contributed by atoms with Gasteiger partial charge in [0.05, 0.1) is 36.8 Å². The van der Waals surface area contributed by atoms with E-state index in [0.29, 0.717) is 49.5 Å². The maximum atomic E-state index is 14.3. The fraction of sp³-hybridized carbons (Fsp3) is 0.583. The Morgan fingerprint density at radius 3 is 2.52 bits per heavy atom. The maximum absolute atomic E-state index is 14.3. The van der Waals surface area contributed by atoms with Crippen molar-refractivity contribution in [3.63, 3.8) is 0 Å². The van der Waals surface area contributed by atoms with E-state index in [0.717, 1.165) is 37.8 Å². The molecule has 0 spiro atoms. The molecule has 0 radical (unpaired) electrons. The van der Waals surface area contributed by atoms with Crippen LogP contribution >= 0.6 is 0 Å². The van der Waals surface area contributed by atoms with E-state index in [1.54, 1.807) is 42.0 Å². The van der Waals surface area contributed by atoms with E-state index >= 15 is 0 Å². The summed E-state index contributed by atoms with van der Waals surface area (Å²) in [5.74, 6) is -0.139. The van der Waals surface area contributed by atoms with Gasteiger partial charge in [0.25, 0.3) is 5.91 Å². The van der Waals surface area contributed by atoms with Crippen molar-refractivity contribution in [3.05, 3.63) is 59.7 Å². The van der Waals surface area contributed by atoms with Crippen molar-refractivity contribution in [2.24, 2.45) is 5.92 Å². The Labute approximate surface area is 275 Å².